The Morgan fingerprint density at radius 3 is 2.24 bits per heavy atom. The number of carbonyl (C=O) groups excluding carboxylic acids is 2. The number of likely N-dealkylation sites (N-methyl/N-ethyl adjacent to an activating group) is 2. The van der Waals surface area contributed by atoms with E-state index in [-0.39, 0.29) is 16.7 Å². The van der Waals surface area contributed by atoms with Crippen LogP contribution in [-0.2, 0) is 32.5 Å². The Bertz CT molecular complexity index is 1760. The Labute approximate surface area is 266 Å². The number of benzene rings is 4. The molecule has 45 heavy (non-hydrogen) atoms. The van der Waals surface area contributed by atoms with E-state index in [1.54, 1.807) is 55.4 Å². The zero-order valence-corrected chi connectivity index (χ0v) is 27.1. The largest absolute Gasteiger partial charge is 0.344 e. The number of rotatable bonds is 13. The molecule has 0 aliphatic rings. The summed E-state index contributed by atoms with van der Waals surface area (Å²) in [4.78, 5) is 30.5. The summed E-state index contributed by atoms with van der Waals surface area (Å²) in [6.07, 6.45) is 4.47. The molecule has 3 N–H and O–H groups in total. The standard InChI is InChI=1S/C36H42N4O4S/c1-36(2,37)23-12-19-34(41)40(4)33(26-27-20-21-28-13-8-9-15-30(28)25-27)35(42)39(3)24-22-29-14-10-11-18-32(29)38-45(43,44)31-16-6-5-7-17-31/h5-21,25,33,38H,22-24,26,37H2,1-4H3/t33-/m1/s1. The fourth-order valence-corrected chi connectivity index (χ4v) is 6.13. The molecular formula is C36H42N4O4S. The lowest BCUT2D eigenvalue weighted by molar-refractivity contribution is -0.141. The summed E-state index contributed by atoms with van der Waals surface area (Å²) in [6.45, 7) is 4.09. The van der Waals surface area contributed by atoms with Gasteiger partial charge in [-0.05, 0) is 72.9 Å². The van der Waals surface area contributed by atoms with Gasteiger partial charge in [0.2, 0.25) is 11.8 Å². The normalized spacial score (nSPS) is 12.6. The number of amides is 2. The number of hydrogen-bond acceptors (Lipinski definition) is 5. The third-order valence-corrected chi connectivity index (χ3v) is 9.04. The van der Waals surface area contributed by atoms with E-state index in [1.807, 2.05) is 62.4 Å². The number of nitrogens with two attached hydrogens (primary N) is 1. The second-order valence-electron chi connectivity index (χ2n) is 12.0. The van der Waals surface area contributed by atoms with Gasteiger partial charge in [-0.25, -0.2) is 8.42 Å². The minimum Gasteiger partial charge on any atom is -0.344 e. The number of fused-ring (bicyclic) bond motifs is 1. The second-order valence-corrected chi connectivity index (χ2v) is 13.7. The second kappa shape index (κ2) is 14.5. The molecule has 4 aromatic carbocycles. The molecule has 0 fully saturated rings. The Morgan fingerprint density at radius 2 is 1.53 bits per heavy atom. The molecule has 0 spiro atoms. The summed E-state index contributed by atoms with van der Waals surface area (Å²) in [5, 5.41) is 2.16. The first kappa shape index (κ1) is 33.4. The topological polar surface area (TPSA) is 113 Å². The molecule has 0 radical (unpaired) electrons. The highest BCUT2D eigenvalue weighted by molar-refractivity contribution is 7.92. The third kappa shape index (κ3) is 9.26. The van der Waals surface area contributed by atoms with E-state index >= 15 is 0 Å². The average molecular weight is 627 g/mol. The van der Waals surface area contributed by atoms with E-state index in [9.17, 15) is 18.0 Å². The molecule has 9 heteroatoms. The van der Waals surface area contributed by atoms with E-state index in [1.165, 1.54) is 23.1 Å². The monoisotopic (exact) mass is 626 g/mol. The van der Waals surface area contributed by atoms with Crippen molar-refractivity contribution in [1.82, 2.24) is 9.80 Å². The molecular weight excluding hydrogens is 584 g/mol. The van der Waals surface area contributed by atoms with Gasteiger partial charge in [-0.15, -0.1) is 0 Å². The van der Waals surface area contributed by atoms with Crippen LogP contribution in [0.15, 0.2) is 114 Å². The van der Waals surface area contributed by atoms with Crippen LogP contribution in [0.5, 0.6) is 0 Å². The molecule has 0 saturated carbocycles. The summed E-state index contributed by atoms with van der Waals surface area (Å²) in [7, 11) is -0.431. The quantitative estimate of drug-likeness (QED) is 0.193. The number of anilines is 1. The van der Waals surface area contributed by atoms with Crippen LogP contribution in [0.4, 0.5) is 5.69 Å². The van der Waals surface area contributed by atoms with E-state index in [0.29, 0.717) is 31.5 Å². The van der Waals surface area contributed by atoms with Gasteiger partial charge >= 0.3 is 0 Å². The van der Waals surface area contributed by atoms with Gasteiger partial charge in [0, 0.05) is 32.6 Å². The molecule has 0 bridgehead atoms. The van der Waals surface area contributed by atoms with Gasteiger partial charge in [0.25, 0.3) is 10.0 Å². The van der Waals surface area contributed by atoms with E-state index in [4.69, 9.17) is 5.73 Å². The van der Waals surface area contributed by atoms with E-state index in [0.717, 1.165) is 21.9 Å². The highest BCUT2D eigenvalue weighted by atomic mass is 32.2. The molecule has 0 unspecified atom stereocenters. The van der Waals surface area contributed by atoms with Crippen molar-refractivity contribution in [3.05, 3.63) is 120 Å². The molecule has 0 aromatic heterocycles. The van der Waals surface area contributed by atoms with Crippen molar-refractivity contribution in [1.29, 1.82) is 0 Å². The number of para-hydroxylation sites is 1. The molecule has 4 aromatic rings. The summed E-state index contributed by atoms with van der Waals surface area (Å²) < 4.78 is 28.7. The van der Waals surface area contributed by atoms with Gasteiger partial charge in [-0.1, -0.05) is 84.9 Å². The van der Waals surface area contributed by atoms with Crippen LogP contribution in [0.1, 0.15) is 31.4 Å². The molecule has 0 aliphatic carbocycles. The highest BCUT2D eigenvalue weighted by Gasteiger charge is 2.29. The van der Waals surface area contributed by atoms with Crippen LogP contribution >= 0.6 is 0 Å². The van der Waals surface area contributed by atoms with Crippen molar-refractivity contribution in [3.63, 3.8) is 0 Å². The first-order valence-corrected chi connectivity index (χ1v) is 16.4. The van der Waals surface area contributed by atoms with Crippen molar-refractivity contribution in [2.24, 2.45) is 5.73 Å². The van der Waals surface area contributed by atoms with Gasteiger partial charge in [-0.3, -0.25) is 14.3 Å². The molecule has 1 atom stereocenters. The Kier molecular flexibility index (Phi) is 10.8. The van der Waals surface area contributed by atoms with Crippen LogP contribution < -0.4 is 10.5 Å². The number of nitrogens with one attached hydrogen (secondary N) is 1. The number of carbonyl (C=O) groups is 2. The van der Waals surface area contributed by atoms with Crippen molar-refractivity contribution in [3.8, 4) is 0 Å². The zero-order chi connectivity index (χ0) is 32.6. The molecule has 0 aliphatic heterocycles. The Hall–Kier alpha value is -4.47. The highest BCUT2D eigenvalue weighted by Crippen LogP contribution is 2.22. The number of sulfonamides is 1. The van der Waals surface area contributed by atoms with Crippen LogP contribution in [-0.4, -0.2) is 62.3 Å². The van der Waals surface area contributed by atoms with Crippen LogP contribution in [0.3, 0.4) is 0 Å². The van der Waals surface area contributed by atoms with Gasteiger partial charge in [0.1, 0.15) is 6.04 Å². The number of hydrogen-bond donors (Lipinski definition) is 2. The van der Waals surface area contributed by atoms with E-state index in [2.05, 4.69) is 10.8 Å². The first-order chi connectivity index (χ1) is 21.3. The first-order valence-electron chi connectivity index (χ1n) is 14.9. The maximum Gasteiger partial charge on any atom is 0.261 e. The lowest BCUT2D eigenvalue weighted by atomic mass is 9.99. The SMILES string of the molecule is CN(CCc1ccccc1NS(=O)(=O)c1ccccc1)C(=O)[C@@H](Cc1ccc2ccccc2c1)N(C)C(=O)C=CCC(C)(C)N. The van der Waals surface area contributed by atoms with E-state index < -0.39 is 21.6 Å². The van der Waals surface area contributed by atoms with Crippen LogP contribution in [0.25, 0.3) is 10.8 Å². The molecule has 8 nitrogen and oxygen atoms in total. The van der Waals surface area contributed by atoms with Gasteiger partial charge in [0.05, 0.1) is 10.6 Å². The summed E-state index contributed by atoms with van der Waals surface area (Å²) in [5.74, 6) is -0.499. The van der Waals surface area contributed by atoms with Crippen molar-refractivity contribution >= 4 is 38.3 Å². The van der Waals surface area contributed by atoms with Gasteiger partial charge < -0.3 is 15.5 Å². The fourth-order valence-electron chi connectivity index (χ4n) is 5.01. The zero-order valence-electron chi connectivity index (χ0n) is 26.3. The minimum absolute atomic E-state index is 0.167. The molecule has 0 saturated heterocycles. The van der Waals surface area contributed by atoms with Crippen LogP contribution in [0, 0.1) is 0 Å². The molecule has 2 amide bonds. The van der Waals surface area contributed by atoms with Crippen molar-refractivity contribution < 1.29 is 18.0 Å². The van der Waals surface area contributed by atoms with Crippen molar-refractivity contribution in [2.45, 2.75) is 49.6 Å². The Morgan fingerprint density at radius 1 is 0.889 bits per heavy atom. The maximum absolute atomic E-state index is 14.0. The molecule has 0 heterocycles. The maximum atomic E-state index is 14.0. The van der Waals surface area contributed by atoms with Crippen molar-refractivity contribution in [2.75, 3.05) is 25.4 Å². The third-order valence-electron chi connectivity index (χ3n) is 7.66. The summed E-state index contributed by atoms with van der Waals surface area (Å²) >= 11 is 0. The molecule has 4 rings (SSSR count). The summed E-state index contributed by atoms with van der Waals surface area (Å²) in [5.41, 5.74) is 7.76. The smallest absolute Gasteiger partial charge is 0.261 e. The average Bonchev–Trinajstić information content (AvgIpc) is 3.02. The van der Waals surface area contributed by atoms with Gasteiger partial charge in [-0.2, -0.15) is 0 Å². The summed E-state index contributed by atoms with van der Waals surface area (Å²) in [6, 6.07) is 28.6. The predicted octanol–water partition coefficient (Wildman–Crippen LogP) is 5.39. The fraction of sp³-hybridized carbons (Fsp3) is 0.278. The van der Waals surface area contributed by atoms with Crippen LogP contribution in [0.2, 0.25) is 0 Å². The predicted molar refractivity (Wildman–Crippen MR) is 181 cm³/mol. The lowest BCUT2D eigenvalue weighted by Crippen LogP contribution is -2.49. The lowest BCUT2D eigenvalue weighted by Gasteiger charge is -2.31. The molecule has 236 valence electrons. The number of nitrogens with zero attached hydrogens (tertiary/aromatic N) is 2. The Balaban J connectivity index is 1.53. The minimum atomic E-state index is -3.78. The van der Waals surface area contributed by atoms with Gasteiger partial charge in [0.15, 0.2) is 0 Å².